The van der Waals surface area contributed by atoms with Crippen molar-refractivity contribution < 1.29 is 14.4 Å². The monoisotopic (exact) mass is 384 g/mol. The number of Topliss-reactive ketones (excluding diaryl/α,β-unsaturated/α-hetero) is 1. The number of amides is 2. The molecule has 126 valence electrons. The normalized spacial score (nSPS) is 10.3. The van der Waals surface area contributed by atoms with Crippen LogP contribution in [0.25, 0.3) is 0 Å². The fourth-order valence-electron chi connectivity index (χ4n) is 1.89. The fourth-order valence-corrected chi connectivity index (χ4v) is 3.09. The third-order valence-electron chi connectivity index (χ3n) is 3.09. The van der Waals surface area contributed by atoms with Crippen LogP contribution in [0.15, 0.2) is 30.3 Å². The van der Waals surface area contributed by atoms with Crippen molar-refractivity contribution >= 4 is 57.8 Å². The second-order valence-corrected chi connectivity index (χ2v) is 6.96. The van der Waals surface area contributed by atoms with Gasteiger partial charge in [0.25, 0.3) is 5.91 Å². The Morgan fingerprint density at radius 3 is 2.33 bits per heavy atom. The number of anilines is 1. The van der Waals surface area contributed by atoms with Gasteiger partial charge in [0.15, 0.2) is 5.78 Å². The van der Waals surface area contributed by atoms with E-state index in [0.29, 0.717) is 25.5 Å². The topological polar surface area (TPSA) is 66.5 Å². The first-order chi connectivity index (χ1) is 11.3. The molecule has 0 aliphatic heterocycles. The molecule has 2 rings (SSSR count). The second kappa shape index (κ2) is 7.79. The number of nitrogens with zero attached hydrogens (tertiary/aromatic N) is 1. The maximum absolute atomic E-state index is 12.3. The van der Waals surface area contributed by atoms with Gasteiger partial charge in [0.1, 0.15) is 0 Å². The third-order valence-corrected chi connectivity index (χ3v) is 5.01. The van der Waals surface area contributed by atoms with Crippen molar-refractivity contribution in [2.24, 2.45) is 0 Å². The van der Waals surface area contributed by atoms with Crippen LogP contribution in [-0.4, -0.2) is 36.1 Å². The number of carbonyl (C=O) groups excluding carboxylic acids is 3. The van der Waals surface area contributed by atoms with E-state index in [9.17, 15) is 14.4 Å². The Kier molecular flexibility index (Phi) is 5.99. The zero-order valence-electron chi connectivity index (χ0n) is 12.9. The average molecular weight is 385 g/mol. The third kappa shape index (κ3) is 4.56. The minimum atomic E-state index is -0.368. The molecule has 0 bridgehead atoms. The van der Waals surface area contributed by atoms with Crippen LogP contribution in [0.4, 0.5) is 5.69 Å². The van der Waals surface area contributed by atoms with Crippen molar-refractivity contribution in [3.05, 3.63) is 50.1 Å². The minimum Gasteiger partial charge on any atom is -0.332 e. The molecular weight excluding hydrogens is 371 g/mol. The zero-order chi connectivity index (χ0) is 17.9. The molecule has 5 nitrogen and oxygen atoms in total. The molecule has 8 heteroatoms. The van der Waals surface area contributed by atoms with Crippen molar-refractivity contribution in [1.82, 2.24) is 4.90 Å². The van der Waals surface area contributed by atoms with Gasteiger partial charge in [0, 0.05) is 12.7 Å². The average Bonchev–Trinajstić information content (AvgIpc) is 3.00. The zero-order valence-corrected chi connectivity index (χ0v) is 15.3. The molecule has 0 radical (unpaired) electrons. The highest BCUT2D eigenvalue weighted by Gasteiger charge is 2.18. The van der Waals surface area contributed by atoms with Gasteiger partial charge in [0.05, 0.1) is 26.3 Å². The van der Waals surface area contributed by atoms with E-state index >= 15 is 0 Å². The quantitative estimate of drug-likeness (QED) is 0.792. The number of benzene rings is 1. The molecule has 1 aromatic carbocycles. The lowest BCUT2D eigenvalue weighted by Gasteiger charge is -2.16. The summed E-state index contributed by atoms with van der Waals surface area (Å²) >= 11 is 12.8. The largest absolute Gasteiger partial charge is 0.332 e. The van der Waals surface area contributed by atoms with Crippen molar-refractivity contribution in [2.75, 3.05) is 18.9 Å². The molecule has 0 aliphatic rings. The lowest BCUT2D eigenvalue weighted by Crippen LogP contribution is -2.34. The predicted molar refractivity (Wildman–Crippen MR) is 96.4 cm³/mol. The predicted octanol–water partition coefficient (Wildman–Crippen LogP) is 3.97. The van der Waals surface area contributed by atoms with Gasteiger partial charge in [-0.1, -0.05) is 23.2 Å². The maximum Gasteiger partial charge on any atom is 0.264 e. The van der Waals surface area contributed by atoms with Gasteiger partial charge in [-0.15, -0.1) is 11.3 Å². The summed E-state index contributed by atoms with van der Waals surface area (Å²) in [4.78, 5) is 37.8. The number of carbonyl (C=O) groups is 3. The molecule has 2 aromatic rings. The highest BCUT2D eigenvalue weighted by atomic mass is 35.5. The van der Waals surface area contributed by atoms with E-state index in [1.54, 1.807) is 24.3 Å². The highest BCUT2D eigenvalue weighted by molar-refractivity contribution is 7.15. The first kappa shape index (κ1) is 18.4. The van der Waals surface area contributed by atoms with Crippen LogP contribution in [0.5, 0.6) is 0 Å². The second-order valence-electron chi connectivity index (χ2n) is 5.06. The molecule has 0 atom stereocenters. The van der Waals surface area contributed by atoms with E-state index in [1.807, 2.05) is 0 Å². The smallest absolute Gasteiger partial charge is 0.264 e. The summed E-state index contributed by atoms with van der Waals surface area (Å²) in [6, 6.07) is 7.90. The van der Waals surface area contributed by atoms with Crippen LogP contribution in [-0.2, 0) is 4.79 Å². The first-order valence-corrected chi connectivity index (χ1v) is 8.46. The van der Waals surface area contributed by atoms with Crippen LogP contribution in [0.2, 0.25) is 10.0 Å². The number of halogens is 2. The van der Waals surface area contributed by atoms with E-state index in [0.717, 1.165) is 11.3 Å². The Morgan fingerprint density at radius 2 is 1.75 bits per heavy atom. The molecular formula is C16H14Cl2N2O3S. The number of likely N-dealkylation sites (N-methyl/N-ethyl adjacent to an activating group) is 1. The molecule has 0 aliphatic carbocycles. The Hall–Kier alpha value is -1.89. The summed E-state index contributed by atoms with van der Waals surface area (Å²) in [7, 11) is 1.52. The van der Waals surface area contributed by atoms with Crippen molar-refractivity contribution in [2.45, 2.75) is 6.92 Å². The van der Waals surface area contributed by atoms with Crippen LogP contribution in [0.3, 0.4) is 0 Å². The molecule has 1 N–H and O–H groups in total. The fraction of sp³-hybridized carbons (Fsp3) is 0.188. The molecule has 0 saturated heterocycles. The Morgan fingerprint density at radius 1 is 1.08 bits per heavy atom. The number of nitrogens with one attached hydrogen (secondary N) is 1. The SMILES string of the molecule is CC(=O)c1ccc(C(=O)N(C)CC(=O)Nc2ccc(Cl)c(Cl)c2)s1. The van der Waals surface area contributed by atoms with Crippen LogP contribution < -0.4 is 5.32 Å². The van der Waals surface area contributed by atoms with E-state index in [2.05, 4.69) is 5.32 Å². The van der Waals surface area contributed by atoms with Crippen LogP contribution in [0, 0.1) is 0 Å². The molecule has 1 aromatic heterocycles. The molecule has 24 heavy (non-hydrogen) atoms. The summed E-state index contributed by atoms with van der Waals surface area (Å²) in [5, 5.41) is 3.36. The Labute approximate surface area is 153 Å². The summed E-state index contributed by atoms with van der Waals surface area (Å²) in [6.45, 7) is 1.31. The van der Waals surface area contributed by atoms with Gasteiger partial charge in [-0.05, 0) is 37.3 Å². The molecule has 2 amide bonds. The number of rotatable bonds is 5. The number of thiophene rings is 1. The minimum absolute atomic E-state index is 0.0981. The van der Waals surface area contributed by atoms with E-state index in [-0.39, 0.29) is 24.1 Å². The summed E-state index contributed by atoms with van der Waals surface area (Å²) < 4.78 is 0. The molecule has 0 fully saturated rings. The lowest BCUT2D eigenvalue weighted by atomic mass is 10.3. The summed E-state index contributed by atoms with van der Waals surface area (Å²) in [5.74, 6) is -0.788. The van der Waals surface area contributed by atoms with Gasteiger partial charge in [-0.3, -0.25) is 14.4 Å². The summed E-state index contributed by atoms with van der Waals surface area (Å²) in [6.07, 6.45) is 0. The van der Waals surface area contributed by atoms with E-state index in [1.165, 1.54) is 24.9 Å². The first-order valence-electron chi connectivity index (χ1n) is 6.89. The standard InChI is InChI=1S/C16H14Cl2N2O3S/c1-9(21)13-5-6-14(24-13)16(23)20(2)8-15(22)19-10-3-4-11(17)12(18)7-10/h3-7H,8H2,1-2H3,(H,19,22). The van der Waals surface area contributed by atoms with E-state index in [4.69, 9.17) is 23.2 Å². The lowest BCUT2D eigenvalue weighted by molar-refractivity contribution is -0.116. The molecule has 0 saturated carbocycles. The van der Waals surface area contributed by atoms with Gasteiger partial charge < -0.3 is 10.2 Å². The van der Waals surface area contributed by atoms with Gasteiger partial charge in [-0.25, -0.2) is 0 Å². The van der Waals surface area contributed by atoms with Crippen molar-refractivity contribution in [1.29, 1.82) is 0 Å². The summed E-state index contributed by atoms with van der Waals surface area (Å²) in [5.41, 5.74) is 0.491. The van der Waals surface area contributed by atoms with Crippen molar-refractivity contribution in [3.63, 3.8) is 0 Å². The molecule has 1 heterocycles. The Bertz CT molecular complexity index is 804. The van der Waals surface area contributed by atoms with Gasteiger partial charge >= 0.3 is 0 Å². The van der Waals surface area contributed by atoms with Crippen LogP contribution >= 0.6 is 34.5 Å². The molecule has 0 spiro atoms. The van der Waals surface area contributed by atoms with E-state index < -0.39 is 0 Å². The van der Waals surface area contributed by atoms with Gasteiger partial charge in [0.2, 0.25) is 5.91 Å². The number of ketones is 1. The van der Waals surface area contributed by atoms with Gasteiger partial charge in [-0.2, -0.15) is 0 Å². The number of hydrogen-bond donors (Lipinski definition) is 1. The highest BCUT2D eigenvalue weighted by Crippen LogP contribution is 2.25. The number of hydrogen-bond acceptors (Lipinski definition) is 4. The maximum atomic E-state index is 12.3. The van der Waals surface area contributed by atoms with Crippen molar-refractivity contribution in [3.8, 4) is 0 Å². The Balaban J connectivity index is 1.98. The molecule has 0 unspecified atom stereocenters. The van der Waals surface area contributed by atoms with Crippen LogP contribution in [0.1, 0.15) is 26.3 Å².